The molecule has 0 heterocycles. The van der Waals surface area contributed by atoms with E-state index in [2.05, 4.69) is 26.6 Å². The monoisotopic (exact) mass is 420 g/mol. The van der Waals surface area contributed by atoms with E-state index >= 15 is 0 Å². The van der Waals surface area contributed by atoms with Crippen molar-refractivity contribution in [3.8, 4) is 11.5 Å². The van der Waals surface area contributed by atoms with Crippen molar-refractivity contribution >= 4 is 33.4 Å². The molecule has 0 saturated carbocycles. The van der Waals surface area contributed by atoms with Gasteiger partial charge >= 0.3 is 0 Å². The summed E-state index contributed by atoms with van der Waals surface area (Å²) in [7, 11) is 0. The molecule has 2 aromatic carbocycles. The van der Waals surface area contributed by atoms with E-state index in [0.29, 0.717) is 36.0 Å². The Balaban J connectivity index is 1.95. The van der Waals surface area contributed by atoms with Gasteiger partial charge in [-0.2, -0.15) is 0 Å². The van der Waals surface area contributed by atoms with E-state index < -0.39 is 0 Å². The van der Waals surface area contributed by atoms with Gasteiger partial charge < -0.3 is 20.1 Å². The fourth-order valence-electron chi connectivity index (χ4n) is 2.19. The Morgan fingerprint density at radius 2 is 1.62 bits per heavy atom. The van der Waals surface area contributed by atoms with Crippen LogP contribution >= 0.6 is 15.9 Å². The van der Waals surface area contributed by atoms with Crippen LogP contribution in [0.4, 0.5) is 5.69 Å². The van der Waals surface area contributed by atoms with E-state index in [1.807, 2.05) is 26.0 Å². The lowest BCUT2D eigenvalue weighted by Gasteiger charge is -2.12. The maximum atomic E-state index is 12.3. The normalized spacial score (nSPS) is 10.1. The molecule has 0 bridgehead atoms. The topological polar surface area (TPSA) is 76.7 Å². The molecule has 26 heavy (non-hydrogen) atoms. The highest BCUT2D eigenvalue weighted by Crippen LogP contribution is 2.28. The Hall–Kier alpha value is -2.54. The standard InChI is InChI=1S/C19H21BrN2O4/c1-3-25-16-10-5-13(11-17(16)26-4-2)19(24)21-12-18(23)22-15-8-6-14(20)7-9-15/h5-11H,3-4,12H2,1-2H3,(H,21,24)(H,22,23). The molecule has 0 aliphatic carbocycles. The summed E-state index contributed by atoms with van der Waals surface area (Å²) >= 11 is 3.33. The predicted octanol–water partition coefficient (Wildman–Crippen LogP) is 3.62. The van der Waals surface area contributed by atoms with E-state index in [4.69, 9.17) is 9.47 Å². The third kappa shape index (κ3) is 5.77. The molecule has 7 heteroatoms. The molecule has 0 aliphatic rings. The molecule has 0 unspecified atom stereocenters. The largest absolute Gasteiger partial charge is 0.490 e. The molecule has 138 valence electrons. The Labute approximate surface area is 161 Å². The van der Waals surface area contributed by atoms with Gasteiger partial charge in [0.1, 0.15) is 0 Å². The SMILES string of the molecule is CCOc1ccc(C(=O)NCC(=O)Nc2ccc(Br)cc2)cc1OCC. The van der Waals surface area contributed by atoms with Gasteiger partial charge in [0, 0.05) is 15.7 Å². The zero-order chi connectivity index (χ0) is 18.9. The molecule has 0 fully saturated rings. The van der Waals surface area contributed by atoms with Crippen molar-refractivity contribution in [2.24, 2.45) is 0 Å². The number of carbonyl (C=O) groups is 2. The number of hydrogen-bond donors (Lipinski definition) is 2. The maximum Gasteiger partial charge on any atom is 0.251 e. The first-order valence-corrected chi connectivity index (χ1v) is 9.06. The predicted molar refractivity (Wildman–Crippen MR) is 104 cm³/mol. The number of nitrogens with one attached hydrogen (secondary N) is 2. The number of ether oxygens (including phenoxy) is 2. The number of carbonyl (C=O) groups excluding carboxylic acids is 2. The molecular formula is C19H21BrN2O4. The Kier molecular flexibility index (Phi) is 7.47. The van der Waals surface area contributed by atoms with Gasteiger partial charge in [-0.3, -0.25) is 9.59 Å². The minimum atomic E-state index is -0.361. The number of anilines is 1. The third-order valence-corrected chi connectivity index (χ3v) is 3.87. The molecule has 2 amide bonds. The zero-order valence-electron chi connectivity index (χ0n) is 14.7. The fraction of sp³-hybridized carbons (Fsp3) is 0.263. The molecular weight excluding hydrogens is 400 g/mol. The van der Waals surface area contributed by atoms with Crippen molar-refractivity contribution in [2.75, 3.05) is 25.1 Å². The summed E-state index contributed by atoms with van der Waals surface area (Å²) in [6.45, 7) is 4.56. The smallest absolute Gasteiger partial charge is 0.251 e. The molecule has 0 spiro atoms. The van der Waals surface area contributed by atoms with E-state index in [1.165, 1.54) is 0 Å². The van der Waals surface area contributed by atoms with Crippen molar-refractivity contribution in [1.82, 2.24) is 5.32 Å². The highest BCUT2D eigenvalue weighted by Gasteiger charge is 2.12. The van der Waals surface area contributed by atoms with Crippen LogP contribution in [0.3, 0.4) is 0 Å². The number of benzene rings is 2. The van der Waals surface area contributed by atoms with Gasteiger partial charge in [-0.25, -0.2) is 0 Å². The first-order chi connectivity index (χ1) is 12.5. The zero-order valence-corrected chi connectivity index (χ0v) is 16.3. The molecule has 0 aromatic heterocycles. The van der Waals surface area contributed by atoms with E-state index in [1.54, 1.807) is 30.3 Å². The second-order valence-electron chi connectivity index (χ2n) is 5.27. The van der Waals surface area contributed by atoms with Crippen LogP contribution in [0.15, 0.2) is 46.9 Å². The van der Waals surface area contributed by atoms with Gasteiger partial charge in [0.2, 0.25) is 5.91 Å². The van der Waals surface area contributed by atoms with Crippen molar-refractivity contribution in [1.29, 1.82) is 0 Å². The summed E-state index contributed by atoms with van der Waals surface area (Å²) in [5.74, 6) is 0.414. The second kappa shape index (κ2) is 9.82. The highest BCUT2D eigenvalue weighted by atomic mass is 79.9. The van der Waals surface area contributed by atoms with Crippen LogP contribution in [0.1, 0.15) is 24.2 Å². The van der Waals surface area contributed by atoms with Crippen LogP contribution in [-0.4, -0.2) is 31.6 Å². The first kappa shape index (κ1) is 19.8. The van der Waals surface area contributed by atoms with Crippen LogP contribution in [0.5, 0.6) is 11.5 Å². The molecule has 2 rings (SSSR count). The quantitative estimate of drug-likeness (QED) is 0.683. The molecule has 0 aliphatic heterocycles. The van der Waals surface area contributed by atoms with Gasteiger partial charge in [-0.15, -0.1) is 0 Å². The summed E-state index contributed by atoms with van der Waals surface area (Å²) in [6, 6.07) is 12.1. The fourth-order valence-corrected chi connectivity index (χ4v) is 2.46. The van der Waals surface area contributed by atoms with Gasteiger partial charge in [-0.1, -0.05) is 15.9 Å². The van der Waals surface area contributed by atoms with E-state index in [9.17, 15) is 9.59 Å². The van der Waals surface area contributed by atoms with Crippen LogP contribution in [0.2, 0.25) is 0 Å². The van der Waals surface area contributed by atoms with Crippen LogP contribution in [0.25, 0.3) is 0 Å². The van der Waals surface area contributed by atoms with E-state index in [-0.39, 0.29) is 18.4 Å². The van der Waals surface area contributed by atoms with Crippen molar-refractivity contribution < 1.29 is 19.1 Å². The number of amides is 2. The highest BCUT2D eigenvalue weighted by molar-refractivity contribution is 9.10. The van der Waals surface area contributed by atoms with Gasteiger partial charge in [-0.05, 0) is 56.3 Å². The van der Waals surface area contributed by atoms with Gasteiger partial charge in [0.25, 0.3) is 5.91 Å². The molecule has 6 nitrogen and oxygen atoms in total. The van der Waals surface area contributed by atoms with Crippen molar-refractivity contribution in [3.63, 3.8) is 0 Å². The minimum Gasteiger partial charge on any atom is -0.490 e. The summed E-state index contributed by atoms with van der Waals surface area (Å²) in [4.78, 5) is 24.2. The summed E-state index contributed by atoms with van der Waals surface area (Å²) in [5.41, 5.74) is 1.06. The maximum absolute atomic E-state index is 12.3. The summed E-state index contributed by atoms with van der Waals surface area (Å²) < 4.78 is 11.9. The average Bonchev–Trinajstić information content (AvgIpc) is 2.63. The Bertz CT molecular complexity index is 763. The molecule has 0 saturated heterocycles. The van der Waals surface area contributed by atoms with Crippen LogP contribution in [0, 0.1) is 0 Å². The Morgan fingerprint density at radius 1 is 0.962 bits per heavy atom. The van der Waals surface area contributed by atoms with Crippen LogP contribution in [-0.2, 0) is 4.79 Å². The number of hydrogen-bond acceptors (Lipinski definition) is 4. The Morgan fingerprint density at radius 3 is 2.27 bits per heavy atom. The van der Waals surface area contributed by atoms with Crippen LogP contribution < -0.4 is 20.1 Å². The van der Waals surface area contributed by atoms with E-state index in [0.717, 1.165) is 4.47 Å². The molecule has 0 atom stereocenters. The van der Waals surface area contributed by atoms with Gasteiger partial charge in [0.15, 0.2) is 11.5 Å². The number of rotatable bonds is 8. The lowest BCUT2D eigenvalue weighted by Crippen LogP contribution is -2.32. The summed E-state index contributed by atoms with van der Waals surface area (Å²) in [5, 5.41) is 5.31. The van der Waals surface area contributed by atoms with Gasteiger partial charge in [0.05, 0.1) is 19.8 Å². The summed E-state index contributed by atoms with van der Waals surface area (Å²) in [6.07, 6.45) is 0. The lowest BCUT2D eigenvalue weighted by atomic mass is 10.2. The molecule has 2 N–H and O–H groups in total. The number of halogens is 1. The van der Waals surface area contributed by atoms with Crippen molar-refractivity contribution in [3.05, 3.63) is 52.5 Å². The molecule has 2 aromatic rings. The lowest BCUT2D eigenvalue weighted by molar-refractivity contribution is -0.115. The molecule has 0 radical (unpaired) electrons. The average molecular weight is 421 g/mol. The van der Waals surface area contributed by atoms with Crippen molar-refractivity contribution in [2.45, 2.75) is 13.8 Å². The minimum absolute atomic E-state index is 0.133. The third-order valence-electron chi connectivity index (χ3n) is 3.34. The second-order valence-corrected chi connectivity index (χ2v) is 6.18. The first-order valence-electron chi connectivity index (χ1n) is 8.26.